The van der Waals surface area contributed by atoms with Crippen molar-refractivity contribution >= 4 is 5.78 Å². The first-order valence-electron chi connectivity index (χ1n) is 7.10. The predicted octanol–water partition coefficient (Wildman–Crippen LogP) is 3.71. The first-order valence-corrected chi connectivity index (χ1v) is 7.10. The molecule has 0 aliphatic rings. The van der Waals surface area contributed by atoms with E-state index in [1.807, 2.05) is 26.8 Å². The molecule has 0 saturated carbocycles. The number of carbonyl (C=O) groups excluding carboxylic acids is 1. The largest absolute Gasteiger partial charge is 0.380 e. The van der Waals surface area contributed by atoms with Crippen LogP contribution < -0.4 is 4.89 Å². The van der Waals surface area contributed by atoms with Crippen molar-refractivity contribution in [3.05, 3.63) is 65.7 Å². The summed E-state index contributed by atoms with van der Waals surface area (Å²) >= 11 is 0. The molecule has 0 aromatic heterocycles. The normalized spacial score (nSPS) is 12.7. The van der Waals surface area contributed by atoms with Crippen molar-refractivity contribution in [2.24, 2.45) is 0 Å². The number of carbonyl (C=O) groups is 1. The number of aliphatic hydroxyl groups excluding tert-OH is 1. The SMILES string of the molecule is CC(C)(C)OOc1ccc(C(=O)C(O)c2ccccc2)cc1. The molecule has 0 aliphatic heterocycles. The maximum absolute atomic E-state index is 12.3. The van der Waals surface area contributed by atoms with Crippen molar-refractivity contribution in [2.45, 2.75) is 32.5 Å². The Morgan fingerprint density at radius 2 is 1.59 bits per heavy atom. The molecule has 0 fully saturated rings. The summed E-state index contributed by atoms with van der Waals surface area (Å²) in [7, 11) is 0. The third-order valence-electron chi connectivity index (χ3n) is 2.89. The summed E-state index contributed by atoms with van der Waals surface area (Å²) < 4.78 is 0. The van der Waals surface area contributed by atoms with Gasteiger partial charge in [-0.1, -0.05) is 30.3 Å². The number of rotatable bonds is 5. The van der Waals surface area contributed by atoms with Gasteiger partial charge in [-0.15, -0.1) is 0 Å². The summed E-state index contributed by atoms with van der Waals surface area (Å²) in [4.78, 5) is 22.6. The fraction of sp³-hybridized carbons (Fsp3) is 0.278. The van der Waals surface area contributed by atoms with Crippen LogP contribution >= 0.6 is 0 Å². The average molecular weight is 300 g/mol. The van der Waals surface area contributed by atoms with E-state index in [0.717, 1.165) is 0 Å². The fourth-order valence-electron chi connectivity index (χ4n) is 1.79. The minimum Gasteiger partial charge on any atom is -0.380 e. The van der Waals surface area contributed by atoms with Gasteiger partial charge in [0, 0.05) is 5.56 Å². The van der Waals surface area contributed by atoms with Crippen LogP contribution in [0.3, 0.4) is 0 Å². The van der Waals surface area contributed by atoms with E-state index in [9.17, 15) is 9.90 Å². The molecule has 1 unspecified atom stereocenters. The lowest BCUT2D eigenvalue weighted by atomic mass is 10.00. The second-order valence-corrected chi connectivity index (χ2v) is 5.98. The highest BCUT2D eigenvalue weighted by Crippen LogP contribution is 2.21. The molecule has 0 saturated heterocycles. The van der Waals surface area contributed by atoms with Crippen molar-refractivity contribution in [1.82, 2.24) is 0 Å². The molecule has 2 rings (SSSR count). The van der Waals surface area contributed by atoms with E-state index in [4.69, 9.17) is 9.78 Å². The molecule has 1 N–H and O–H groups in total. The van der Waals surface area contributed by atoms with E-state index in [0.29, 0.717) is 16.9 Å². The van der Waals surface area contributed by atoms with Gasteiger partial charge in [-0.2, -0.15) is 4.89 Å². The Morgan fingerprint density at radius 3 is 2.14 bits per heavy atom. The molecule has 0 heterocycles. The summed E-state index contributed by atoms with van der Waals surface area (Å²) in [5.41, 5.74) is 0.571. The standard InChI is InChI=1S/C18H20O4/c1-18(2,3)22-21-15-11-9-14(10-12-15)17(20)16(19)13-7-5-4-6-8-13/h4-12,16,19H,1-3H3. The third kappa shape index (κ3) is 4.41. The predicted molar refractivity (Wildman–Crippen MR) is 83.6 cm³/mol. The second kappa shape index (κ2) is 6.73. The van der Waals surface area contributed by atoms with Crippen molar-refractivity contribution in [3.8, 4) is 5.75 Å². The number of hydrogen-bond acceptors (Lipinski definition) is 4. The Morgan fingerprint density at radius 1 is 1.00 bits per heavy atom. The van der Waals surface area contributed by atoms with Crippen LogP contribution in [0.1, 0.15) is 42.8 Å². The van der Waals surface area contributed by atoms with Crippen molar-refractivity contribution in [2.75, 3.05) is 0 Å². The lowest BCUT2D eigenvalue weighted by molar-refractivity contribution is -0.274. The smallest absolute Gasteiger partial charge is 0.195 e. The van der Waals surface area contributed by atoms with E-state index in [1.54, 1.807) is 48.5 Å². The molecular formula is C18H20O4. The number of ketones is 1. The number of Topliss-reactive ketones (excluding diaryl/α,β-unsaturated/α-hetero) is 1. The van der Waals surface area contributed by atoms with Crippen molar-refractivity contribution < 1.29 is 19.7 Å². The van der Waals surface area contributed by atoms with Crippen LogP contribution in [0.2, 0.25) is 0 Å². The fourth-order valence-corrected chi connectivity index (χ4v) is 1.79. The number of aliphatic hydroxyl groups is 1. The zero-order valence-electron chi connectivity index (χ0n) is 12.9. The molecule has 1 atom stereocenters. The molecule has 4 nitrogen and oxygen atoms in total. The minimum atomic E-state index is -1.17. The van der Waals surface area contributed by atoms with Gasteiger partial charge >= 0.3 is 0 Å². The molecule has 4 heteroatoms. The molecule has 0 amide bonds. The van der Waals surface area contributed by atoms with Gasteiger partial charge in [0.25, 0.3) is 0 Å². The van der Waals surface area contributed by atoms with Gasteiger partial charge in [0.05, 0.1) is 0 Å². The lowest BCUT2D eigenvalue weighted by Crippen LogP contribution is -2.21. The third-order valence-corrected chi connectivity index (χ3v) is 2.89. The summed E-state index contributed by atoms with van der Waals surface area (Å²) in [5.74, 6) is 0.148. The summed E-state index contributed by atoms with van der Waals surface area (Å²) in [6.45, 7) is 5.63. The summed E-state index contributed by atoms with van der Waals surface area (Å²) in [6.07, 6.45) is -1.17. The van der Waals surface area contributed by atoms with Crippen LogP contribution in [-0.2, 0) is 4.89 Å². The Bertz CT molecular complexity index is 612. The molecule has 2 aromatic rings. The zero-order valence-corrected chi connectivity index (χ0v) is 12.9. The van der Waals surface area contributed by atoms with Gasteiger partial charge in [0.2, 0.25) is 0 Å². The van der Waals surface area contributed by atoms with Gasteiger partial charge in [0.15, 0.2) is 11.5 Å². The first-order chi connectivity index (χ1) is 10.4. The van der Waals surface area contributed by atoms with Gasteiger partial charge < -0.3 is 9.99 Å². The minimum absolute atomic E-state index is 0.352. The molecule has 116 valence electrons. The van der Waals surface area contributed by atoms with Crippen LogP contribution in [0.4, 0.5) is 0 Å². The highest BCUT2D eigenvalue weighted by atomic mass is 17.2. The van der Waals surface area contributed by atoms with E-state index in [1.165, 1.54) is 0 Å². The maximum Gasteiger partial charge on any atom is 0.195 e. The first kappa shape index (κ1) is 16.2. The van der Waals surface area contributed by atoms with E-state index in [2.05, 4.69) is 0 Å². The second-order valence-electron chi connectivity index (χ2n) is 5.98. The molecule has 0 radical (unpaired) electrons. The Hall–Kier alpha value is -2.17. The number of hydrogen-bond donors (Lipinski definition) is 1. The molecule has 22 heavy (non-hydrogen) atoms. The quantitative estimate of drug-likeness (QED) is 0.519. The summed E-state index contributed by atoms with van der Waals surface area (Å²) in [6, 6.07) is 15.3. The summed E-state index contributed by atoms with van der Waals surface area (Å²) in [5, 5.41) is 10.1. The van der Waals surface area contributed by atoms with Crippen LogP contribution in [0.25, 0.3) is 0 Å². The van der Waals surface area contributed by atoms with Gasteiger partial charge in [-0.05, 0) is 50.6 Å². The average Bonchev–Trinajstić information content (AvgIpc) is 2.52. The molecule has 0 aliphatic carbocycles. The van der Waals surface area contributed by atoms with Crippen LogP contribution in [0.5, 0.6) is 5.75 Å². The van der Waals surface area contributed by atoms with Crippen molar-refractivity contribution in [1.29, 1.82) is 0 Å². The Kier molecular flexibility index (Phi) is 4.96. The monoisotopic (exact) mass is 300 g/mol. The van der Waals surface area contributed by atoms with Gasteiger partial charge in [-0.25, -0.2) is 0 Å². The number of benzene rings is 2. The van der Waals surface area contributed by atoms with Crippen LogP contribution in [0.15, 0.2) is 54.6 Å². The Labute approximate surface area is 130 Å². The van der Waals surface area contributed by atoms with E-state index in [-0.39, 0.29) is 5.78 Å². The molecule has 0 spiro atoms. The van der Waals surface area contributed by atoms with Crippen LogP contribution in [0, 0.1) is 0 Å². The van der Waals surface area contributed by atoms with E-state index < -0.39 is 11.7 Å². The lowest BCUT2D eigenvalue weighted by Gasteiger charge is -2.17. The Balaban J connectivity index is 2.05. The zero-order chi connectivity index (χ0) is 16.2. The molecular weight excluding hydrogens is 280 g/mol. The van der Waals surface area contributed by atoms with Gasteiger partial charge in [0.1, 0.15) is 11.7 Å². The van der Waals surface area contributed by atoms with Crippen LogP contribution in [-0.4, -0.2) is 16.5 Å². The topological polar surface area (TPSA) is 55.8 Å². The van der Waals surface area contributed by atoms with Gasteiger partial charge in [-0.3, -0.25) is 4.79 Å². The maximum atomic E-state index is 12.3. The highest BCUT2D eigenvalue weighted by Gasteiger charge is 2.19. The van der Waals surface area contributed by atoms with Crippen molar-refractivity contribution in [3.63, 3.8) is 0 Å². The molecule has 2 aromatic carbocycles. The van der Waals surface area contributed by atoms with E-state index >= 15 is 0 Å². The molecule has 0 bridgehead atoms. The highest BCUT2D eigenvalue weighted by molar-refractivity contribution is 5.99.